The van der Waals surface area contributed by atoms with Crippen LogP contribution >= 0.6 is 0 Å². The molecule has 1 amide bonds. The Hall–Kier alpha value is -2.05. The van der Waals surface area contributed by atoms with Gasteiger partial charge in [-0.15, -0.1) is 0 Å². The van der Waals surface area contributed by atoms with Crippen molar-refractivity contribution < 1.29 is 27.9 Å². The quantitative estimate of drug-likeness (QED) is 0.890. The molecule has 0 bridgehead atoms. The second kappa shape index (κ2) is 7.02. The third-order valence-corrected chi connectivity index (χ3v) is 4.15. The molecule has 23 heavy (non-hydrogen) atoms. The minimum Gasteiger partial charge on any atom is -0.478 e. The van der Waals surface area contributed by atoms with Gasteiger partial charge in [0, 0.05) is 12.5 Å². The highest BCUT2D eigenvalue weighted by Crippen LogP contribution is 2.39. The van der Waals surface area contributed by atoms with E-state index in [1.165, 1.54) is 12.1 Å². The van der Waals surface area contributed by atoms with E-state index in [9.17, 15) is 22.8 Å². The summed E-state index contributed by atoms with van der Waals surface area (Å²) in [6, 6.07) is 6.09. The summed E-state index contributed by atoms with van der Waals surface area (Å²) in [5.41, 5.74) is 0.702. The number of carbonyl (C=O) groups is 2. The van der Waals surface area contributed by atoms with Crippen molar-refractivity contribution in [1.29, 1.82) is 0 Å². The molecule has 0 aromatic heterocycles. The van der Waals surface area contributed by atoms with E-state index in [0.29, 0.717) is 18.4 Å². The molecule has 0 spiro atoms. The van der Waals surface area contributed by atoms with Gasteiger partial charge in [-0.1, -0.05) is 18.6 Å². The molecule has 1 aromatic rings. The molecule has 4 nitrogen and oxygen atoms in total. The van der Waals surface area contributed by atoms with Crippen molar-refractivity contribution in [3.8, 4) is 0 Å². The van der Waals surface area contributed by atoms with Crippen LogP contribution in [-0.4, -0.2) is 23.2 Å². The van der Waals surface area contributed by atoms with E-state index >= 15 is 0 Å². The van der Waals surface area contributed by atoms with Crippen LogP contribution < -0.4 is 5.32 Å². The fraction of sp³-hybridized carbons (Fsp3) is 0.500. The normalized spacial score (nSPS) is 21.7. The predicted octanol–water partition coefficient (Wildman–Crippen LogP) is 3.37. The van der Waals surface area contributed by atoms with Crippen LogP contribution in [0, 0.1) is 11.8 Å². The summed E-state index contributed by atoms with van der Waals surface area (Å²) in [7, 11) is 0. The van der Waals surface area contributed by atoms with Crippen LogP contribution in [0.3, 0.4) is 0 Å². The van der Waals surface area contributed by atoms with E-state index in [-0.39, 0.29) is 24.9 Å². The van der Waals surface area contributed by atoms with Gasteiger partial charge >= 0.3 is 12.1 Å². The third kappa shape index (κ3) is 4.71. The number of carboxylic acids is 1. The Balaban J connectivity index is 1.92. The van der Waals surface area contributed by atoms with Gasteiger partial charge in [-0.3, -0.25) is 4.79 Å². The zero-order chi connectivity index (χ0) is 17.0. The van der Waals surface area contributed by atoms with E-state index in [4.69, 9.17) is 5.11 Å². The zero-order valence-corrected chi connectivity index (χ0v) is 12.4. The number of carboxylic acid groups (broad SMARTS) is 1. The van der Waals surface area contributed by atoms with Crippen LogP contribution in [0.4, 0.5) is 13.2 Å². The van der Waals surface area contributed by atoms with Crippen LogP contribution in [0.25, 0.3) is 0 Å². The van der Waals surface area contributed by atoms with Crippen molar-refractivity contribution in [2.24, 2.45) is 11.8 Å². The second-order valence-corrected chi connectivity index (χ2v) is 5.83. The van der Waals surface area contributed by atoms with E-state index in [0.717, 1.165) is 0 Å². The van der Waals surface area contributed by atoms with Crippen molar-refractivity contribution in [3.05, 3.63) is 35.4 Å². The molecule has 0 heterocycles. The first-order valence-electron chi connectivity index (χ1n) is 7.44. The highest BCUT2D eigenvalue weighted by molar-refractivity contribution is 5.87. The van der Waals surface area contributed by atoms with Crippen molar-refractivity contribution in [2.45, 2.75) is 38.4 Å². The van der Waals surface area contributed by atoms with Crippen LogP contribution in [0.1, 0.15) is 41.6 Å². The molecule has 126 valence electrons. The minimum absolute atomic E-state index is 0.0773. The molecule has 2 N–H and O–H groups in total. The maximum absolute atomic E-state index is 12.8. The van der Waals surface area contributed by atoms with Crippen LogP contribution in [0.5, 0.6) is 0 Å². The van der Waals surface area contributed by atoms with E-state index in [1.54, 1.807) is 12.1 Å². The molecule has 2 rings (SSSR count). The lowest BCUT2D eigenvalue weighted by Crippen LogP contribution is -2.37. The lowest BCUT2D eigenvalue weighted by atomic mass is 9.80. The molecule has 0 aliphatic heterocycles. The molecular weight excluding hydrogens is 311 g/mol. The number of hydrogen-bond donors (Lipinski definition) is 2. The van der Waals surface area contributed by atoms with Gasteiger partial charge in [0.1, 0.15) is 0 Å². The second-order valence-electron chi connectivity index (χ2n) is 5.83. The van der Waals surface area contributed by atoms with Crippen molar-refractivity contribution in [3.63, 3.8) is 0 Å². The fourth-order valence-corrected chi connectivity index (χ4v) is 2.87. The first-order valence-corrected chi connectivity index (χ1v) is 7.44. The molecule has 1 saturated carbocycles. The number of benzene rings is 1. The average molecular weight is 329 g/mol. The summed E-state index contributed by atoms with van der Waals surface area (Å²) in [6.07, 6.45) is -3.52. The van der Waals surface area contributed by atoms with Crippen LogP contribution in [0.15, 0.2) is 24.3 Å². The van der Waals surface area contributed by atoms with E-state index in [2.05, 4.69) is 5.32 Å². The molecule has 0 unspecified atom stereocenters. The van der Waals surface area contributed by atoms with Crippen LogP contribution in [0.2, 0.25) is 0 Å². The lowest BCUT2D eigenvalue weighted by molar-refractivity contribution is -0.186. The maximum Gasteiger partial charge on any atom is 0.391 e. The third-order valence-electron chi connectivity index (χ3n) is 4.15. The lowest BCUT2D eigenvalue weighted by Gasteiger charge is -2.29. The summed E-state index contributed by atoms with van der Waals surface area (Å²) < 4.78 is 38.3. The molecule has 0 saturated heterocycles. The molecule has 1 aliphatic rings. The number of carbonyl (C=O) groups excluding carboxylic acids is 1. The summed E-state index contributed by atoms with van der Waals surface area (Å²) in [6.45, 7) is 0.104. The largest absolute Gasteiger partial charge is 0.478 e. The average Bonchev–Trinajstić information content (AvgIpc) is 2.52. The molecule has 7 heteroatoms. The first kappa shape index (κ1) is 17.3. The Morgan fingerprint density at radius 1 is 1.26 bits per heavy atom. The predicted molar refractivity (Wildman–Crippen MR) is 76.8 cm³/mol. The number of amides is 1. The smallest absolute Gasteiger partial charge is 0.391 e. The molecule has 0 radical (unpaired) electrons. The summed E-state index contributed by atoms with van der Waals surface area (Å²) >= 11 is 0. The Kier molecular flexibility index (Phi) is 5.28. The molecule has 1 fully saturated rings. The van der Waals surface area contributed by atoms with Gasteiger partial charge in [0.05, 0.1) is 11.5 Å². The fourth-order valence-electron chi connectivity index (χ4n) is 2.87. The number of hydrogen-bond acceptors (Lipinski definition) is 2. The molecule has 1 aromatic carbocycles. The zero-order valence-electron chi connectivity index (χ0n) is 12.4. The maximum atomic E-state index is 12.8. The number of alkyl halides is 3. The summed E-state index contributed by atoms with van der Waals surface area (Å²) in [5, 5.41) is 11.5. The number of aromatic carboxylic acids is 1. The van der Waals surface area contributed by atoms with Gasteiger partial charge in [-0.05, 0) is 37.0 Å². The Bertz CT molecular complexity index is 586. The molecular formula is C16H18F3NO3. The molecule has 1 aliphatic carbocycles. The van der Waals surface area contributed by atoms with E-state index < -0.39 is 29.9 Å². The van der Waals surface area contributed by atoms with E-state index in [1.807, 2.05) is 0 Å². The summed E-state index contributed by atoms with van der Waals surface area (Å²) in [4.78, 5) is 22.9. The number of rotatable bonds is 4. The van der Waals surface area contributed by atoms with Gasteiger partial charge in [-0.2, -0.15) is 13.2 Å². The van der Waals surface area contributed by atoms with Crippen molar-refractivity contribution in [2.75, 3.05) is 0 Å². The van der Waals surface area contributed by atoms with Crippen molar-refractivity contribution in [1.82, 2.24) is 5.32 Å². The van der Waals surface area contributed by atoms with Crippen molar-refractivity contribution >= 4 is 11.9 Å². The highest BCUT2D eigenvalue weighted by atomic mass is 19.4. The van der Waals surface area contributed by atoms with Gasteiger partial charge in [-0.25, -0.2) is 4.79 Å². The topological polar surface area (TPSA) is 66.4 Å². The Morgan fingerprint density at radius 3 is 2.65 bits per heavy atom. The van der Waals surface area contributed by atoms with Gasteiger partial charge in [0.25, 0.3) is 0 Å². The monoisotopic (exact) mass is 329 g/mol. The molecule has 2 atom stereocenters. The van der Waals surface area contributed by atoms with Gasteiger partial charge in [0.2, 0.25) is 5.91 Å². The number of halogens is 3. The summed E-state index contributed by atoms with van der Waals surface area (Å²) in [5.74, 6) is -3.53. The highest BCUT2D eigenvalue weighted by Gasteiger charge is 2.43. The minimum atomic E-state index is -4.26. The Morgan fingerprint density at radius 2 is 2.00 bits per heavy atom. The number of nitrogens with one attached hydrogen (secondary N) is 1. The SMILES string of the molecule is O=C(O)c1cccc(CNC(=O)[C@H]2CCC[C@@H](C(F)(F)F)C2)c1. The standard InChI is InChI=1S/C16H18F3NO3/c17-16(18,19)13-6-2-4-11(8-13)14(21)20-9-10-3-1-5-12(7-10)15(22)23/h1,3,5,7,11,13H,2,4,6,8-9H2,(H,20,21)(H,22,23)/t11-,13+/m0/s1. The van der Waals surface area contributed by atoms with Crippen LogP contribution in [-0.2, 0) is 11.3 Å². The first-order chi connectivity index (χ1) is 10.8. The van der Waals surface area contributed by atoms with Gasteiger partial charge in [0.15, 0.2) is 0 Å². The Labute approximate surface area is 131 Å². The van der Waals surface area contributed by atoms with Gasteiger partial charge < -0.3 is 10.4 Å².